The van der Waals surface area contributed by atoms with Crippen LogP contribution in [0.3, 0.4) is 0 Å². The smallest absolute Gasteiger partial charge is 0.0224 e. The van der Waals surface area contributed by atoms with Crippen molar-refractivity contribution in [3.05, 3.63) is 24.8 Å². The van der Waals surface area contributed by atoms with Crippen molar-refractivity contribution in [3.8, 4) is 0 Å². The highest BCUT2D eigenvalue weighted by Crippen LogP contribution is 2.07. The average Bonchev–Trinajstić information content (AvgIpc) is 1.88. The van der Waals surface area contributed by atoms with Gasteiger partial charge in [0.2, 0.25) is 0 Å². The number of halogens is 1. The Morgan fingerprint density at radius 3 is 3.00 bits per heavy atom. The van der Waals surface area contributed by atoms with Crippen molar-refractivity contribution >= 4 is 0 Å². The molecule has 64 valence electrons. The van der Waals surface area contributed by atoms with Crippen LogP contribution in [0.1, 0.15) is 19.8 Å². The highest BCUT2D eigenvalue weighted by Gasteiger charge is 2.10. The van der Waals surface area contributed by atoms with Crippen LogP contribution in [0.2, 0.25) is 0 Å². The lowest BCUT2D eigenvalue weighted by molar-refractivity contribution is -0.00000237. The van der Waals surface area contributed by atoms with Crippen LogP contribution in [0.4, 0.5) is 0 Å². The minimum Gasteiger partial charge on any atom is -1.00 e. The van der Waals surface area contributed by atoms with Crippen LogP contribution in [0.5, 0.6) is 0 Å². The molecule has 1 aliphatic heterocycles. The van der Waals surface area contributed by atoms with Gasteiger partial charge in [-0.15, -0.1) is 6.58 Å². The Labute approximate surface area is 75.0 Å². The summed E-state index contributed by atoms with van der Waals surface area (Å²) in [6.45, 7) is 5.89. The summed E-state index contributed by atoms with van der Waals surface area (Å²) in [4.78, 5) is 0. The Hall–Kier alpha value is -0.270. The second-order valence-electron chi connectivity index (χ2n) is 2.84. The average molecular weight is 173 g/mol. The van der Waals surface area contributed by atoms with E-state index in [-0.39, 0.29) is 12.4 Å². The fourth-order valence-corrected chi connectivity index (χ4v) is 1.31. The van der Waals surface area contributed by atoms with E-state index in [1.165, 1.54) is 0 Å². The number of hydrogen-bond donors (Lipinski definition) is 1. The maximum Gasteiger partial charge on any atom is 0.0224 e. The predicted octanol–water partition coefficient (Wildman–Crippen LogP) is -1.13. The van der Waals surface area contributed by atoms with E-state index >= 15 is 0 Å². The predicted molar refractivity (Wildman–Crippen MR) is 45.0 cm³/mol. The molecule has 0 saturated heterocycles. The van der Waals surface area contributed by atoms with Gasteiger partial charge in [0, 0.05) is 12.1 Å². The first-order valence-corrected chi connectivity index (χ1v) is 3.86. The molecule has 0 aromatic rings. The van der Waals surface area contributed by atoms with Gasteiger partial charge >= 0.3 is 0 Å². The third kappa shape index (κ3) is 3.59. The fourth-order valence-electron chi connectivity index (χ4n) is 1.31. The first-order chi connectivity index (χ1) is 4.83. The lowest BCUT2D eigenvalue weighted by Crippen LogP contribution is -3.00. The molecule has 0 spiro atoms. The van der Waals surface area contributed by atoms with E-state index in [9.17, 15) is 0 Å². The molecule has 1 aliphatic rings. The quantitative estimate of drug-likeness (QED) is 0.521. The minimum atomic E-state index is 0. The number of hydrogen-bond acceptors (Lipinski definition) is 1. The van der Waals surface area contributed by atoms with Crippen molar-refractivity contribution in [2.45, 2.75) is 31.8 Å². The largest absolute Gasteiger partial charge is 1.00 e. The van der Waals surface area contributed by atoms with E-state index in [1.54, 1.807) is 0 Å². The Balaban J connectivity index is 0.000001000. The molecule has 2 atom stereocenters. The van der Waals surface area contributed by atoms with Gasteiger partial charge in [-0.1, -0.05) is 18.2 Å². The Kier molecular flexibility index (Phi) is 5.26. The van der Waals surface area contributed by atoms with E-state index < -0.39 is 0 Å². The van der Waals surface area contributed by atoms with Gasteiger partial charge in [-0.3, -0.25) is 0 Å². The van der Waals surface area contributed by atoms with Crippen molar-refractivity contribution in [1.29, 1.82) is 0 Å². The zero-order valence-corrected chi connectivity index (χ0v) is 7.64. The molecule has 1 heterocycles. The monoisotopic (exact) mass is 172 g/mol. The zero-order valence-electron chi connectivity index (χ0n) is 6.89. The van der Waals surface area contributed by atoms with Gasteiger partial charge < -0.3 is 17.7 Å². The molecule has 11 heavy (non-hydrogen) atoms. The van der Waals surface area contributed by atoms with Gasteiger partial charge in [-0.2, -0.15) is 0 Å². The third-order valence-electron chi connectivity index (χ3n) is 1.80. The van der Waals surface area contributed by atoms with Crippen molar-refractivity contribution in [2.24, 2.45) is 0 Å². The molecule has 0 aromatic carbocycles. The zero-order chi connectivity index (χ0) is 7.40. The molecule has 1 rings (SSSR count). The molecule has 0 saturated carbocycles. The maximum atomic E-state index is 3.72. The van der Waals surface area contributed by atoms with Gasteiger partial charge in [0.05, 0.1) is 0 Å². The van der Waals surface area contributed by atoms with Crippen LogP contribution >= 0.6 is 0 Å². The van der Waals surface area contributed by atoms with Crippen molar-refractivity contribution < 1.29 is 12.4 Å². The number of rotatable bonds is 2. The lowest BCUT2D eigenvalue weighted by Gasteiger charge is -2.23. The van der Waals surface area contributed by atoms with Crippen LogP contribution in [-0.4, -0.2) is 12.1 Å². The van der Waals surface area contributed by atoms with Crippen LogP contribution in [0, 0.1) is 0 Å². The standard InChI is InChI=1S/C9H15N.ClH/c1-3-5-9-7-4-6-8(2)10-9;/h3-4,6,8-10H,1,5,7H2,2H3;1H/p-1/t8-,9-;/m0./s1. The van der Waals surface area contributed by atoms with E-state index in [0.717, 1.165) is 12.8 Å². The molecule has 0 fully saturated rings. The summed E-state index contributed by atoms with van der Waals surface area (Å²) in [6, 6.07) is 1.16. The molecule has 0 amide bonds. The van der Waals surface area contributed by atoms with Gasteiger partial charge in [-0.25, -0.2) is 0 Å². The summed E-state index contributed by atoms with van der Waals surface area (Å²) < 4.78 is 0. The van der Waals surface area contributed by atoms with E-state index in [0.29, 0.717) is 12.1 Å². The Morgan fingerprint density at radius 1 is 1.73 bits per heavy atom. The second-order valence-corrected chi connectivity index (χ2v) is 2.84. The Morgan fingerprint density at radius 2 is 2.45 bits per heavy atom. The van der Waals surface area contributed by atoms with Gasteiger partial charge in [0.25, 0.3) is 0 Å². The van der Waals surface area contributed by atoms with Crippen LogP contribution < -0.4 is 17.7 Å². The minimum absolute atomic E-state index is 0. The summed E-state index contributed by atoms with van der Waals surface area (Å²) >= 11 is 0. The van der Waals surface area contributed by atoms with Crippen LogP contribution in [0.15, 0.2) is 24.8 Å². The van der Waals surface area contributed by atoms with Crippen molar-refractivity contribution in [2.75, 3.05) is 0 Å². The molecule has 0 unspecified atom stereocenters. The molecule has 0 bridgehead atoms. The molecule has 0 aromatic heterocycles. The Bertz CT molecular complexity index is 142. The topological polar surface area (TPSA) is 12.0 Å². The van der Waals surface area contributed by atoms with Gasteiger partial charge in [0.15, 0.2) is 0 Å². The SMILES string of the molecule is C=CC[C@H]1CC=C[C@H](C)N1.[Cl-]. The molecular weight excluding hydrogens is 158 g/mol. The summed E-state index contributed by atoms with van der Waals surface area (Å²) in [5.41, 5.74) is 0. The summed E-state index contributed by atoms with van der Waals surface area (Å²) in [7, 11) is 0. The third-order valence-corrected chi connectivity index (χ3v) is 1.80. The molecule has 1 nitrogen and oxygen atoms in total. The van der Waals surface area contributed by atoms with Gasteiger partial charge in [0.1, 0.15) is 0 Å². The molecule has 0 radical (unpaired) electrons. The molecule has 0 aliphatic carbocycles. The summed E-state index contributed by atoms with van der Waals surface area (Å²) in [5.74, 6) is 0. The van der Waals surface area contributed by atoms with E-state index in [2.05, 4.69) is 31.0 Å². The van der Waals surface area contributed by atoms with Crippen molar-refractivity contribution in [3.63, 3.8) is 0 Å². The van der Waals surface area contributed by atoms with E-state index in [1.807, 2.05) is 6.08 Å². The maximum absolute atomic E-state index is 3.72. The molecule has 2 heteroatoms. The van der Waals surface area contributed by atoms with Crippen molar-refractivity contribution in [1.82, 2.24) is 5.32 Å². The second kappa shape index (κ2) is 5.39. The number of nitrogens with one attached hydrogen (secondary N) is 1. The van der Waals surface area contributed by atoms with E-state index in [4.69, 9.17) is 0 Å². The summed E-state index contributed by atoms with van der Waals surface area (Å²) in [6.07, 6.45) is 8.66. The first kappa shape index (κ1) is 10.7. The highest BCUT2D eigenvalue weighted by molar-refractivity contribution is 5.00. The van der Waals surface area contributed by atoms with Crippen LogP contribution in [-0.2, 0) is 0 Å². The molecule has 1 N–H and O–H groups in total. The van der Waals surface area contributed by atoms with Crippen LogP contribution in [0.25, 0.3) is 0 Å². The normalized spacial score (nSPS) is 29.2. The molecular formula is C9H15ClN-. The highest BCUT2D eigenvalue weighted by atomic mass is 35.5. The fraction of sp³-hybridized carbons (Fsp3) is 0.556. The summed E-state index contributed by atoms with van der Waals surface area (Å²) in [5, 5.41) is 3.46. The first-order valence-electron chi connectivity index (χ1n) is 3.86. The van der Waals surface area contributed by atoms with Gasteiger partial charge in [-0.05, 0) is 19.8 Å². The lowest BCUT2D eigenvalue weighted by atomic mass is 10.0.